The van der Waals surface area contributed by atoms with Crippen molar-refractivity contribution < 1.29 is 14.3 Å². The Morgan fingerprint density at radius 1 is 1.56 bits per heavy atom. The molecule has 0 bridgehead atoms. The minimum atomic E-state index is -0.721. The van der Waals surface area contributed by atoms with Gasteiger partial charge >= 0.3 is 0 Å². The van der Waals surface area contributed by atoms with Crippen LogP contribution in [0.4, 0.5) is 4.39 Å². The maximum Gasteiger partial charge on any atom is 0.258 e. The van der Waals surface area contributed by atoms with Gasteiger partial charge in [0.2, 0.25) is 0 Å². The summed E-state index contributed by atoms with van der Waals surface area (Å²) >= 11 is 5.66. The Morgan fingerprint density at radius 3 is 2.89 bits per heavy atom. The van der Waals surface area contributed by atoms with Gasteiger partial charge in [0.05, 0.1) is 0 Å². The van der Waals surface area contributed by atoms with Crippen LogP contribution in [0.25, 0.3) is 0 Å². The zero-order valence-corrected chi connectivity index (χ0v) is 11.0. The molecule has 0 aliphatic heterocycles. The van der Waals surface area contributed by atoms with Gasteiger partial charge in [0, 0.05) is 12.4 Å². The molecule has 1 aromatic carbocycles. The lowest BCUT2D eigenvalue weighted by atomic mass is 10.1. The molecule has 0 saturated carbocycles. The van der Waals surface area contributed by atoms with Crippen LogP contribution in [-0.2, 0) is 0 Å². The first-order valence-electron chi connectivity index (χ1n) is 5.88. The summed E-state index contributed by atoms with van der Waals surface area (Å²) < 4.78 is 13.4. The van der Waals surface area contributed by atoms with Crippen molar-refractivity contribution in [3.63, 3.8) is 0 Å². The van der Waals surface area contributed by atoms with Crippen LogP contribution in [0.1, 0.15) is 30.1 Å². The number of aromatic hydroxyl groups is 1. The van der Waals surface area contributed by atoms with Gasteiger partial charge in [-0.25, -0.2) is 4.39 Å². The molecule has 0 aliphatic rings. The van der Waals surface area contributed by atoms with Crippen LogP contribution in [-0.4, -0.2) is 23.4 Å². The minimum absolute atomic E-state index is 0.303. The van der Waals surface area contributed by atoms with Gasteiger partial charge in [-0.15, -0.1) is 11.6 Å². The molecule has 5 heteroatoms. The van der Waals surface area contributed by atoms with Crippen LogP contribution in [0.2, 0.25) is 0 Å². The second-order valence-electron chi connectivity index (χ2n) is 4.29. The molecule has 0 heterocycles. The highest BCUT2D eigenvalue weighted by atomic mass is 35.5. The van der Waals surface area contributed by atoms with E-state index in [0.717, 1.165) is 18.9 Å². The Hall–Kier alpha value is -1.29. The first kappa shape index (κ1) is 14.8. The Bertz CT molecular complexity index is 392. The molecule has 0 spiro atoms. The lowest BCUT2D eigenvalue weighted by Gasteiger charge is -2.09. The van der Waals surface area contributed by atoms with Crippen LogP contribution < -0.4 is 5.32 Å². The zero-order chi connectivity index (χ0) is 13.5. The number of amides is 1. The smallest absolute Gasteiger partial charge is 0.258 e. The van der Waals surface area contributed by atoms with Gasteiger partial charge in [0.25, 0.3) is 5.91 Å². The van der Waals surface area contributed by atoms with Gasteiger partial charge < -0.3 is 10.4 Å². The van der Waals surface area contributed by atoms with Crippen molar-refractivity contribution in [1.29, 1.82) is 0 Å². The number of hydrogen-bond donors (Lipinski definition) is 2. The normalized spacial score (nSPS) is 12.2. The molecule has 1 unspecified atom stereocenters. The number of hydrogen-bond acceptors (Lipinski definition) is 2. The van der Waals surface area contributed by atoms with Crippen molar-refractivity contribution in [1.82, 2.24) is 5.32 Å². The standard InChI is InChI=1S/C13H17ClFNO2/c1-9(8-14)4-3-7-16-13(18)12-10(15)5-2-6-11(12)17/h2,5-6,9,17H,3-4,7-8H2,1H3,(H,16,18). The number of halogens is 2. The monoisotopic (exact) mass is 273 g/mol. The lowest BCUT2D eigenvalue weighted by Crippen LogP contribution is -2.25. The van der Waals surface area contributed by atoms with Gasteiger partial charge in [-0.2, -0.15) is 0 Å². The van der Waals surface area contributed by atoms with E-state index < -0.39 is 11.7 Å². The van der Waals surface area contributed by atoms with Crippen molar-refractivity contribution in [2.75, 3.05) is 12.4 Å². The molecule has 1 atom stereocenters. The second-order valence-corrected chi connectivity index (χ2v) is 4.60. The molecule has 0 aromatic heterocycles. The zero-order valence-electron chi connectivity index (χ0n) is 10.2. The molecule has 1 aromatic rings. The van der Waals surface area contributed by atoms with E-state index in [2.05, 4.69) is 5.32 Å². The molecular formula is C13H17ClFNO2. The summed E-state index contributed by atoms with van der Waals surface area (Å²) in [5.41, 5.74) is -0.303. The molecule has 0 fully saturated rings. The Balaban J connectivity index is 2.46. The summed E-state index contributed by atoms with van der Waals surface area (Å²) in [6.07, 6.45) is 1.67. The summed E-state index contributed by atoms with van der Waals surface area (Å²) in [6.45, 7) is 2.46. The summed E-state index contributed by atoms with van der Waals surface area (Å²) in [5, 5.41) is 12.0. The number of alkyl halides is 1. The average Bonchev–Trinajstić information content (AvgIpc) is 2.34. The number of carbonyl (C=O) groups excluding carboxylic acids is 1. The van der Waals surface area contributed by atoms with E-state index in [1.165, 1.54) is 12.1 Å². The van der Waals surface area contributed by atoms with Crippen LogP contribution >= 0.6 is 11.6 Å². The summed E-state index contributed by atoms with van der Waals surface area (Å²) in [5.74, 6) is -0.681. The van der Waals surface area contributed by atoms with Gasteiger partial charge in [-0.1, -0.05) is 13.0 Å². The first-order valence-corrected chi connectivity index (χ1v) is 6.41. The van der Waals surface area contributed by atoms with Gasteiger partial charge in [-0.05, 0) is 30.9 Å². The van der Waals surface area contributed by atoms with E-state index in [-0.39, 0.29) is 11.3 Å². The van der Waals surface area contributed by atoms with Crippen LogP contribution in [0, 0.1) is 11.7 Å². The maximum atomic E-state index is 13.4. The van der Waals surface area contributed by atoms with Crippen molar-refractivity contribution >= 4 is 17.5 Å². The predicted molar refractivity (Wildman–Crippen MR) is 69.5 cm³/mol. The fraction of sp³-hybridized carbons (Fsp3) is 0.462. The van der Waals surface area contributed by atoms with E-state index >= 15 is 0 Å². The van der Waals surface area contributed by atoms with Gasteiger partial charge in [-0.3, -0.25) is 4.79 Å². The molecule has 100 valence electrons. The van der Waals surface area contributed by atoms with E-state index in [4.69, 9.17) is 11.6 Å². The molecule has 1 rings (SSSR count). The highest BCUT2D eigenvalue weighted by Gasteiger charge is 2.15. The highest BCUT2D eigenvalue weighted by molar-refractivity contribution is 6.18. The highest BCUT2D eigenvalue weighted by Crippen LogP contribution is 2.19. The number of carbonyl (C=O) groups is 1. The summed E-state index contributed by atoms with van der Waals surface area (Å²) in [4.78, 5) is 11.7. The molecule has 3 nitrogen and oxygen atoms in total. The van der Waals surface area contributed by atoms with Crippen molar-refractivity contribution in [3.8, 4) is 5.75 Å². The predicted octanol–water partition coefficient (Wildman–Crippen LogP) is 2.92. The molecule has 1 amide bonds. The number of rotatable bonds is 6. The molecule has 0 aliphatic carbocycles. The van der Waals surface area contributed by atoms with Crippen molar-refractivity contribution in [2.24, 2.45) is 5.92 Å². The maximum absolute atomic E-state index is 13.4. The van der Waals surface area contributed by atoms with Gasteiger partial charge in [0.1, 0.15) is 17.1 Å². The minimum Gasteiger partial charge on any atom is -0.507 e. The first-order chi connectivity index (χ1) is 8.56. The quantitative estimate of drug-likeness (QED) is 0.618. The van der Waals surface area contributed by atoms with Crippen LogP contribution in [0.3, 0.4) is 0 Å². The largest absolute Gasteiger partial charge is 0.507 e. The van der Waals surface area contributed by atoms with E-state index in [1.54, 1.807) is 0 Å². The van der Waals surface area contributed by atoms with E-state index in [0.29, 0.717) is 18.3 Å². The summed E-state index contributed by atoms with van der Waals surface area (Å²) in [7, 11) is 0. The number of nitrogens with one attached hydrogen (secondary N) is 1. The Kier molecular flexibility index (Phi) is 5.92. The average molecular weight is 274 g/mol. The van der Waals surface area contributed by atoms with Crippen molar-refractivity contribution in [2.45, 2.75) is 19.8 Å². The van der Waals surface area contributed by atoms with Crippen LogP contribution in [0.5, 0.6) is 5.75 Å². The Morgan fingerprint density at radius 2 is 2.28 bits per heavy atom. The molecule has 0 radical (unpaired) electrons. The van der Waals surface area contributed by atoms with E-state index in [9.17, 15) is 14.3 Å². The third-order valence-corrected chi connectivity index (χ3v) is 3.17. The fourth-order valence-electron chi connectivity index (χ4n) is 1.56. The lowest BCUT2D eigenvalue weighted by molar-refractivity contribution is 0.0945. The van der Waals surface area contributed by atoms with E-state index in [1.807, 2.05) is 6.92 Å². The summed E-state index contributed by atoms with van der Waals surface area (Å²) in [6, 6.07) is 3.78. The number of phenolic OH excluding ortho intramolecular Hbond substituents is 1. The molecule has 2 N–H and O–H groups in total. The fourth-order valence-corrected chi connectivity index (χ4v) is 1.71. The second kappa shape index (κ2) is 7.21. The van der Waals surface area contributed by atoms with Crippen molar-refractivity contribution in [3.05, 3.63) is 29.6 Å². The van der Waals surface area contributed by atoms with Gasteiger partial charge in [0.15, 0.2) is 0 Å². The number of benzene rings is 1. The molecule has 18 heavy (non-hydrogen) atoms. The number of phenols is 1. The third kappa shape index (κ3) is 4.18. The Labute approximate surface area is 111 Å². The SMILES string of the molecule is CC(CCl)CCCNC(=O)c1c(O)cccc1F. The third-order valence-electron chi connectivity index (χ3n) is 2.64. The van der Waals surface area contributed by atoms with Crippen LogP contribution in [0.15, 0.2) is 18.2 Å². The molecular weight excluding hydrogens is 257 g/mol. The topological polar surface area (TPSA) is 49.3 Å². The molecule has 0 saturated heterocycles.